The van der Waals surface area contributed by atoms with Gasteiger partial charge < -0.3 is 19.7 Å². The maximum absolute atomic E-state index is 14.9. The summed E-state index contributed by atoms with van der Waals surface area (Å²) in [5.74, 6) is -0.611. The number of para-hydroxylation sites is 1. The van der Waals surface area contributed by atoms with E-state index in [4.69, 9.17) is 9.47 Å². The molecule has 0 radical (unpaired) electrons. The second-order valence-corrected chi connectivity index (χ2v) is 9.63. The van der Waals surface area contributed by atoms with Crippen LogP contribution in [0.5, 0.6) is 5.75 Å². The van der Waals surface area contributed by atoms with E-state index in [1.807, 2.05) is 31.2 Å². The Bertz CT molecular complexity index is 1450. The third kappa shape index (κ3) is 6.28. The lowest BCUT2D eigenvalue weighted by molar-refractivity contribution is -0.142. The van der Waals surface area contributed by atoms with Crippen LogP contribution in [0.1, 0.15) is 36.9 Å². The molecule has 0 spiro atoms. The summed E-state index contributed by atoms with van der Waals surface area (Å²) in [4.78, 5) is 29.2. The van der Waals surface area contributed by atoms with Crippen molar-refractivity contribution in [2.24, 2.45) is 0 Å². The fourth-order valence-corrected chi connectivity index (χ4v) is 4.89. The van der Waals surface area contributed by atoms with E-state index in [1.54, 1.807) is 42.5 Å². The normalized spacial score (nSPS) is 15.6. The minimum Gasteiger partial charge on any atom is -0.494 e. The van der Waals surface area contributed by atoms with Gasteiger partial charge in [0.05, 0.1) is 18.2 Å². The van der Waals surface area contributed by atoms with E-state index in [2.05, 4.69) is 15.6 Å². The standard InChI is InChI=1S/C30H32FN5O4/c1-2-39-23-15-13-21(14-16-23)29(30(38)32-18-24-9-7-17-40-24)35(19-22-8-3-4-10-25(22)31)28(37)20-36-27-12-6-5-11-26(27)33-34-36/h3-6,8,10-16,24,29H,2,7,9,17-20H2,1H3,(H,32,38)/t24-,29+/m0/s1. The van der Waals surface area contributed by atoms with Gasteiger partial charge in [0.15, 0.2) is 0 Å². The molecule has 2 atom stereocenters. The molecule has 1 N–H and O–H groups in total. The molecular weight excluding hydrogens is 513 g/mol. The van der Waals surface area contributed by atoms with Crippen molar-refractivity contribution >= 4 is 22.8 Å². The van der Waals surface area contributed by atoms with Gasteiger partial charge in [0, 0.05) is 25.3 Å². The van der Waals surface area contributed by atoms with Gasteiger partial charge in [-0.25, -0.2) is 9.07 Å². The second kappa shape index (κ2) is 12.7. The number of carbonyl (C=O) groups is 2. The Morgan fingerprint density at radius 2 is 1.90 bits per heavy atom. The molecule has 2 amide bonds. The van der Waals surface area contributed by atoms with Crippen LogP contribution in [0.3, 0.4) is 0 Å². The highest BCUT2D eigenvalue weighted by Crippen LogP contribution is 2.27. The number of halogens is 1. The van der Waals surface area contributed by atoms with Crippen molar-refractivity contribution in [1.29, 1.82) is 0 Å². The number of rotatable bonds is 11. The molecule has 1 aliphatic rings. The van der Waals surface area contributed by atoms with Crippen molar-refractivity contribution in [2.45, 2.75) is 45.0 Å². The highest BCUT2D eigenvalue weighted by molar-refractivity contribution is 5.89. The zero-order chi connectivity index (χ0) is 27.9. The van der Waals surface area contributed by atoms with Crippen molar-refractivity contribution in [3.63, 3.8) is 0 Å². The van der Waals surface area contributed by atoms with Crippen LogP contribution in [0.2, 0.25) is 0 Å². The van der Waals surface area contributed by atoms with E-state index in [9.17, 15) is 14.0 Å². The topological polar surface area (TPSA) is 98.6 Å². The predicted octanol–water partition coefficient (Wildman–Crippen LogP) is 4.03. The molecule has 208 valence electrons. The van der Waals surface area contributed by atoms with Crippen LogP contribution in [0, 0.1) is 5.82 Å². The summed E-state index contributed by atoms with van der Waals surface area (Å²) in [6.45, 7) is 3.06. The first-order valence-electron chi connectivity index (χ1n) is 13.5. The minimum atomic E-state index is -1.04. The molecule has 4 aromatic rings. The molecule has 1 fully saturated rings. The average Bonchev–Trinajstić information content (AvgIpc) is 3.64. The van der Waals surface area contributed by atoms with Crippen molar-refractivity contribution in [2.75, 3.05) is 19.8 Å². The monoisotopic (exact) mass is 545 g/mol. The SMILES string of the molecule is CCOc1ccc([C@H](C(=O)NC[C@@H]2CCCO2)N(Cc2ccccc2F)C(=O)Cn2nnc3ccccc32)cc1. The summed E-state index contributed by atoms with van der Waals surface area (Å²) in [6, 6.07) is 19.5. The third-order valence-corrected chi connectivity index (χ3v) is 6.92. The van der Waals surface area contributed by atoms with Gasteiger partial charge >= 0.3 is 0 Å². The number of fused-ring (bicyclic) bond motifs is 1. The Morgan fingerprint density at radius 3 is 2.65 bits per heavy atom. The van der Waals surface area contributed by atoms with Crippen molar-refractivity contribution in [3.05, 3.63) is 89.7 Å². The largest absolute Gasteiger partial charge is 0.494 e. The highest BCUT2D eigenvalue weighted by Gasteiger charge is 2.33. The second-order valence-electron chi connectivity index (χ2n) is 9.63. The van der Waals surface area contributed by atoms with Crippen molar-refractivity contribution in [3.8, 4) is 5.75 Å². The lowest BCUT2D eigenvalue weighted by Crippen LogP contribution is -2.46. The first-order chi connectivity index (χ1) is 19.5. The zero-order valence-corrected chi connectivity index (χ0v) is 22.3. The lowest BCUT2D eigenvalue weighted by atomic mass is 10.0. The first-order valence-corrected chi connectivity index (χ1v) is 13.5. The average molecular weight is 546 g/mol. The number of carbonyl (C=O) groups excluding carboxylic acids is 2. The van der Waals surface area contributed by atoms with E-state index in [0.29, 0.717) is 47.7 Å². The summed E-state index contributed by atoms with van der Waals surface area (Å²) in [7, 11) is 0. The number of nitrogens with one attached hydrogen (secondary N) is 1. The Balaban J connectivity index is 1.51. The Morgan fingerprint density at radius 1 is 1.12 bits per heavy atom. The number of hydrogen-bond acceptors (Lipinski definition) is 6. The fraction of sp³-hybridized carbons (Fsp3) is 0.333. The van der Waals surface area contributed by atoms with Crippen LogP contribution in [0.4, 0.5) is 4.39 Å². The molecule has 3 aromatic carbocycles. The van der Waals surface area contributed by atoms with Gasteiger partial charge in [-0.3, -0.25) is 9.59 Å². The Hall–Kier alpha value is -4.31. The maximum Gasteiger partial charge on any atom is 0.247 e. The van der Waals surface area contributed by atoms with Gasteiger partial charge in [-0.2, -0.15) is 0 Å². The minimum absolute atomic E-state index is 0.0813. The van der Waals surface area contributed by atoms with E-state index in [-0.39, 0.29) is 25.1 Å². The molecule has 1 aromatic heterocycles. The fourth-order valence-electron chi connectivity index (χ4n) is 4.89. The molecule has 5 rings (SSSR count). The molecule has 10 heteroatoms. The van der Waals surface area contributed by atoms with Gasteiger partial charge in [0.2, 0.25) is 11.8 Å². The van der Waals surface area contributed by atoms with E-state index in [1.165, 1.54) is 15.6 Å². The number of ether oxygens (including phenoxy) is 2. The first kappa shape index (κ1) is 27.3. The van der Waals surface area contributed by atoms with Crippen molar-refractivity contribution < 1.29 is 23.5 Å². The van der Waals surface area contributed by atoms with Gasteiger partial charge in [-0.15, -0.1) is 5.10 Å². The summed E-state index contributed by atoms with van der Waals surface area (Å²) in [5, 5.41) is 11.3. The van der Waals surface area contributed by atoms with Gasteiger partial charge in [0.1, 0.15) is 29.7 Å². The quantitative estimate of drug-likeness (QED) is 0.306. The summed E-state index contributed by atoms with van der Waals surface area (Å²) < 4.78 is 27.6. The van der Waals surface area contributed by atoms with E-state index < -0.39 is 17.8 Å². The van der Waals surface area contributed by atoms with Crippen LogP contribution in [-0.4, -0.2) is 57.6 Å². The van der Waals surface area contributed by atoms with Crippen LogP contribution in [-0.2, 0) is 27.4 Å². The van der Waals surface area contributed by atoms with Gasteiger partial charge in [0.25, 0.3) is 0 Å². The number of benzene rings is 3. The molecule has 40 heavy (non-hydrogen) atoms. The van der Waals surface area contributed by atoms with Crippen molar-refractivity contribution in [1.82, 2.24) is 25.2 Å². The molecule has 0 aliphatic carbocycles. The molecule has 1 aliphatic heterocycles. The molecule has 0 unspecified atom stereocenters. The van der Waals surface area contributed by atoms with Crippen LogP contribution in [0.25, 0.3) is 11.0 Å². The molecule has 9 nitrogen and oxygen atoms in total. The molecular formula is C30H32FN5O4. The summed E-state index contributed by atoms with van der Waals surface area (Å²) in [5.41, 5.74) is 2.19. The van der Waals surface area contributed by atoms with Crippen LogP contribution in [0.15, 0.2) is 72.8 Å². The maximum atomic E-state index is 14.9. The van der Waals surface area contributed by atoms with Crippen LogP contribution < -0.4 is 10.1 Å². The molecule has 1 saturated heterocycles. The summed E-state index contributed by atoms with van der Waals surface area (Å²) in [6.07, 6.45) is 1.71. The smallest absolute Gasteiger partial charge is 0.247 e. The summed E-state index contributed by atoms with van der Waals surface area (Å²) >= 11 is 0. The number of nitrogens with zero attached hydrogens (tertiary/aromatic N) is 4. The number of hydrogen-bond donors (Lipinski definition) is 1. The van der Waals surface area contributed by atoms with Gasteiger partial charge in [-0.1, -0.05) is 47.7 Å². The predicted molar refractivity (Wildman–Crippen MR) is 147 cm³/mol. The molecule has 0 bridgehead atoms. The highest BCUT2D eigenvalue weighted by atomic mass is 19.1. The zero-order valence-electron chi connectivity index (χ0n) is 22.3. The lowest BCUT2D eigenvalue weighted by Gasteiger charge is -2.32. The van der Waals surface area contributed by atoms with E-state index >= 15 is 0 Å². The van der Waals surface area contributed by atoms with Crippen LogP contribution >= 0.6 is 0 Å². The number of aromatic nitrogens is 3. The third-order valence-electron chi connectivity index (χ3n) is 6.92. The molecule has 0 saturated carbocycles. The number of amides is 2. The molecule has 2 heterocycles. The Kier molecular flexibility index (Phi) is 8.65. The Labute approximate surface area is 231 Å². The van der Waals surface area contributed by atoms with E-state index in [0.717, 1.165) is 12.8 Å². The van der Waals surface area contributed by atoms with Gasteiger partial charge in [-0.05, 0) is 55.7 Å².